The van der Waals surface area contributed by atoms with Crippen LogP contribution in [0.1, 0.15) is 18.2 Å². The summed E-state index contributed by atoms with van der Waals surface area (Å²) >= 11 is 4.32. The summed E-state index contributed by atoms with van der Waals surface area (Å²) in [6, 6.07) is 0. The van der Waals surface area contributed by atoms with Gasteiger partial charge in [-0.25, -0.2) is 0 Å². The summed E-state index contributed by atoms with van der Waals surface area (Å²) in [6.45, 7) is 3.88. The number of hydrogen-bond donors (Lipinski definition) is 1. The Morgan fingerprint density at radius 1 is 1.21 bits per heavy atom. The van der Waals surface area contributed by atoms with E-state index in [1.165, 1.54) is 0 Å². The Balaban J connectivity index is 2.65. The normalized spacial score (nSPS) is 12.5. The van der Waals surface area contributed by atoms with E-state index in [9.17, 15) is 0 Å². The maximum Gasteiger partial charge on any atom is 0.114 e. The molecule has 0 saturated heterocycles. The van der Waals surface area contributed by atoms with Crippen LogP contribution in [0.2, 0.25) is 0 Å². The average Bonchev–Trinajstić information content (AvgIpc) is 2.49. The fourth-order valence-electron chi connectivity index (χ4n) is 0.984. The summed E-state index contributed by atoms with van der Waals surface area (Å²) in [4.78, 5) is 0.903. The van der Waals surface area contributed by atoms with Crippen molar-refractivity contribution in [3.63, 3.8) is 0 Å². The second kappa shape index (κ2) is 5.55. The molecule has 0 aliphatic heterocycles. The first-order valence-electron chi connectivity index (χ1n) is 4.48. The number of furan rings is 1. The van der Waals surface area contributed by atoms with Crippen molar-refractivity contribution in [1.29, 1.82) is 0 Å². The molecular weight excluding hydrogens is 192 g/mol. The highest BCUT2D eigenvalue weighted by Gasteiger charge is 2.01. The third-order valence-corrected chi connectivity index (χ3v) is 2.34. The minimum absolute atomic E-state index is 0.852. The maximum atomic E-state index is 5.21. The van der Waals surface area contributed by atoms with E-state index in [0.29, 0.717) is 0 Å². The standard InChI is InChI=1S/C12H14OS/c1-3-4-5-6-7-8-11-9-13-10(2)12(11)14/h3-9,14H,1-2H3. The van der Waals surface area contributed by atoms with Gasteiger partial charge in [0, 0.05) is 5.56 Å². The van der Waals surface area contributed by atoms with E-state index in [-0.39, 0.29) is 0 Å². The molecule has 1 rings (SSSR count). The van der Waals surface area contributed by atoms with Crippen molar-refractivity contribution >= 4 is 18.7 Å². The third-order valence-electron chi connectivity index (χ3n) is 1.77. The molecule has 0 aliphatic carbocycles. The van der Waals surface area contributed by atoms with E-state index in [4.69, 9.17) is 4.42 Å². The lowest BCUT2D eigenvalue weighted by Gasteiger charge is -1.86. The van der Waals surface area contributed by atoms with Gasteiger partial charge in [0.2, 0.25) is 0 Å². The SMILES string of the molecule is CC=CC=CC=Cc1coc(C)c1S. The second-order valence-electron chi connectivity index (χ2n) is 2.87. The molecule has 1 nitrogen and oxygen atoms in total. The van der Waals surface area contributed by atoms with Crippen molar-refractivity contribution in [2.45, 2.75) is 18.7 Å². The quantitative estimate of drug-likeness (QED) is 0.582. The van der Waals surface area contributed by atoms with Crippen LogP contribution < -0.4 is 0 Å². The van der Waals surface area contributed by atoms with Crippen molar-refractivity contribution in [3.05, 3.63) is 48.0 Å². The predicted molar refractivity (Wildman–Crippen MR) is 63.7 cm³/mol. The number of allylic oxidation sites excluding steroid dienone is 5. The molecule has 74 valence electrons. The maximum absolute atomic E-state index is 5.21. The highest BCUT2D eigenvalue weighted by atomic mass is 32.1. The van der Waals surface area contributed by atoms with Crippen LogP contribution in [-0.4, -0.2) is 0 Å². The molecule has 0 bridgehead atoms. The van der Waals surface area contributed by atoms with Crippen molar-refractivity contribution < 1.29 is 4.42 Å². The van der Waals surface area contributed by atoms with Crippen molar-refractivity contribution in [2.75, 3.05) is 0 Å². The molecule has 0 fully saturated rings. The molecule has 0 N–H and O–H groups in total. The van der Waals surface area contributed by atoms with Crippen LogP contribution in [0.5, 0.6) is 0 Å². The summed E-state index contributed by atoms with van der Waals surface area (Å²) in [7, 11) is 0. The molecule has 0 aliphatic rings. The minimum atomic E-state index is 0.852. The topological polar surface area (TPSA) is 13.1 Å². The molecule has 0 unspecified atom stereocenters. The zero-order valence-electron chi connectivity index (χ0n) is 8.40. The van der Waals surface area contributed by atoms with Gasteiger partial charge in [0.15, 0.2) is 0 Å². The van der Waals surface area contributed by atoms with Crippen LogP contribution in [0.4, 0.5) is 0 Å². The van der Waals surface area contributed by atoms with Gasteiger partial charge in [-0.2, -0.15) is 0 Å². The van der Waals surface area contributed by atoms with E-state index < -0.39 is 0 Å². The molecule has 0 atom stereocenters. The summed E-state index contributed by atoms with van der Waals surface area (Å²) in [5.74, 6) is 0.852. The van der Waals surface area contributed by atoms with Crippen molar-refractivity contribution in [3.8, 4) is 0 Å². The van der Waals surface area contributed by atoms with E-state index in [0.717, 1.165) is 16.2 Å². The first kappa shape index (κ1) is 10.9. The average molecular weight is 206 g/mol. The third kappa shape index (κ3) is 2.96. The second-order valence-corrected chi connectivity index (χ2v) is 3.31. The van der Waals surface area contributed by atoms with Gasteiger partial charge in [0.25, 0.3) is 0 Å². The number of hydrogen-bond acceptors (Lipinski definition) is 2. The van der Waals surface area contributed by atoms with Crippen LogP contribution in [-0.2, 0) is 0 Å². The zero-order valence-corrected chi connectivity index (χ0v) is 9.29. The Bertz CT molecular complexity index is 370. The van der Waals surface area contributed by atoms with Crippen molar-refractivity contribution in [1.82, 2.24) is 0 Å². The molecule has 2 heteroatoms. The highest BCUT2D eigenvalue weighted by Crippen LogP contribution is 2.21. The Kier molecular flexibility index (Phi) is 4.33. The number of thiol groups is 1. The summed E-state index contributed by atoms with van der Waals surface area (Å²) in [5, 5.41) is 0. The lowest BCUT2D eigenvalue weighted by Crippen LogP contribution is -1.67. The van der Waals surface area contributed by atoms with Gasteiger partial charge < -0.3 is 4.42 Å². The van der Waals surface area contributed by atoms with E-state index >= 15 is 0 Å². The Morgan fingerprint density at radius 2 is 1.93 bits per heavy atom. The molecule has 0 spiro atoms. The smallest absolute Gasteiger partial charge is 0.114 e. The Hall–Kier alpha value is -1.15. The number of rotatable bonds is 3. The van der Waals surface area contributed by atoms with Gasteiger partial charge in [-0.1, -0.05) is 36.5 Å². The molecule has 14 heavy (non-hydrogen) atoms. The van der Waals surface area contributed by atoms with Gasteiger partial charge >= 0.3 is 0 Å². The molecule has 0 aromatic carbocycles. The van der Waals surface area contributed by atoms with Crippen LogP contribution in [0.15, 0.2) is 46.0 Å². The van der Waals surface area contributed by atoms with E-state index in [1.807, 2.05) is 50.3 Å². The van der Waals surface area contributed by atoms with Gasteiger partial charge in [0.05, 0.1) is 11.2 Å². The monoisotopic (exact) mass is 206 g/mol. The van der Waals surface area contributed by atoms with Gasteiger partial charge in [-0.3, -0.25) is 0 Å². The molecule has 1 aromatic heterocycles. The van der Waals surface area contributed by atoms with E-state index in [2.05, 4.69) is 12.6 Å². The summed E-state index contributed by atoms with van der Waals surface area (Å²) < 4.78 is 5.21. The van der Waals surface area contributed by atoms with Gasteiger partial charge in [-0.05, 0) is 13.8 Å². The zero-order chi connectivity index (χ0) is 10.4. The minimum Gasteiger partial charge on any atom is -0.468 e. The van der Waals surface area contributed by atoms with E-state index in [1.54, 1.807) is 6.26 Å². The number of aryl methyl sites for hydroxylation is 1. The summed E-state index contributed by atoms with van der Waals surface area (Å²) in [6.07, 6.45) is 13.5. The molecule has 1 aromatic rings. The largest absolute Gasteiger partial charge is 0.468 e. The molecule has 0 amide bonds. The lowest BCUT2D eigenvalue weighted by atomic mass is 10.3. The van der Waals surface area contributed by atoms with Crippen LogP contribution in [0, 0.1) is 6.92 Å². The predicted octanol–water partition coefficient (Wildman–Crippen LogP) is 4.02. The van der Waals surface area contributed by atoms with Crippen LogP contribution in [0.25, 0.3) is 6.08 Å². The van der Waals surface area contributed by atoms with Gasteiger partial charge in [0.1, 0.15) is 5.76 Å². The van der Waals surface area contributed by atoms with Crippen LogP contribution >= 0.6 is 12.6 Å². The summed E-state index contributed by atoms with van der Waals surface area (Å²) in [5.41, 5.74) is 1.01. The van der Waals surface area contributed by atoms with Crippen molar-refractivity contribution in [2.24, 2.45) is 0 Å². The Morgan fingerprint density at radius 3 is 2.50 bits per heavy atom. The fraction of sp³-hybridized carbons (Fsp3) is 0.167. The van der Waals surface area contributed by atoms with Crippen LogP contribution in [0.3, 0.4) is 0 Å². The molecule has 0 radical (unpaired) electrons. The molecule has 0 saturated carbocycles. The first-order chi connectivity index (χ1) is 6.75. The van der Waals surface area contributed by atoms with Gasteiger partial charge in [-0.15, -0.1) is 12.6 Å². The fourth-order valence-corrected chi connectivity index (χ4v) is 1.16. The molecular formula is C12H14OS. The molecule has 1 heterocycles. The highest BCUT2D eigenvalue weighted by molar-refractivity contribution is 7.80. The Labute approximate surface area is 90.2 Å². The lowest BCUT2D eigenvalue weighted by molar-refractivity contribution is 0.527. The first-order valence-corrected chi connectivity index (χ1v) is 4.93.